The molecule has 4 nitrogen and oxygen atoms in total. The molecule has 0 aliphatic carbocycles. The minimum absolute atomic E-state index is 0.205. The number of nitrogens with zero attached hydrogens (tertiary/aromatic N) is 3. The van der Waals surface area contributed by atoms with Gasteiger partial charge in [0.15, 0.2) is 5.65 Å². The third-order valence-electron chi connectivity index (χ3n) is 2.49. The van der Waals surface area contributed by atoms with E-state index in [1.165, 1.54) is 0 Å². The third-order valence-corrected chi connectivity index (χ3v) is 2.95. The molecule has 16 heavy (non-hydrogen) atoms. The second-order valence-corrected chi connectivity index (χ2v) is 4.26. The highest BCUT2D eigenvalue weighted by atomic mass is 35.5. The van der Waals surface area contributed by atoms with Gasteiger partial charge in [-0.25, -0.2) is 9.50 Å². The van der Waals surface area contributed by atoms with Gasteiger partial charge in [-0.15, -0.1) is 0 Å². The summed E-state index contributed by atoms with van der Waals surface area (Å²) < 4.78 is 1.59. The molecular weight excluding hydrogens is 247 g/mol. The van der Waals surface area contributed by atoms with Gasteiger partial charge in [-0.1, -0.05) is 30.1 Å². The molecule has 0 radical (unpaired) electrons. The molecule has 0 saturated carbocycles. The highest BCUT2D eigenvalue weighted by molar-refractivity contribution is 6.33. The van der Waals surface area contributed by atoms with Crippen LogP contribution in [-0.4, -0.2) is 21.6 Å². The first-order valence-electron chi connectivity index (χ1n) is 5.04. The van der Waals surface area contributed by atoms with E-state index >= 15 is 0 Å². The molecule has 2 aromatic heterocycles. The minimum atomic E-state index is 0.205. The summed E-state index contributed by atoms with van der Waals surface area (Å²) in [4.78, 5) is 4.16. The van der Waals surface area contributed by atoms with Crippen molar-refractivity contribution in [3.05, 3.63) is 28.1 Å². The average Bonchev–Trinajstić information content (AvgIpc) is 2.63. The first-order valence-corrected chi connectivity index (χ1v) is 5.80. The lowest BCUT2D eigenvalue weighted by Gasteiger charge is -2.09. The van der Waals surface area contributed by atoms with Crippen LogP contribution in [0.25, 0.3) is 5.65 Å². The molecule has 0 amide bonds. The molecule has 1 atom stereocenters. The van der Waals surface area contributed by atoms with Crippen LogP contribution in [0.3, 0.4) is 0 Å². The van der Waals surface area contributed by atoms with Gasteiger partial charge >= 0.3 is 0 Å². The molecule has 0 saturated heterocycles. The molecule has 0 fully saturated rings. The maximum Gasteiger partial charge on any atom is 0.158 e. The van der Waals surface area contributed by atoms with Crippen molar-refractivity contribution in [2.75, 3.05) is 7.05 Å². The number of aromatic nitrogens is 3. The molecule has 86 valence electrons. The van der Waals surface area contributed by atoms with Crippen LogP contribution < -0.4 is 5.32 Å². The van der Waals surface area contributed by atoms with Crippen LogP contribution in [0.2, 0.25) is 10.3 Å². The van der Waals surface area contributed by atoms with Crippen molar-refractivity contribution in [3.63, 3.8) is 0 Å². The molecule has 0 aromatic carbocycles. The van der Waals surface area contributed by atoms with Crippen LogP contribution in [0, 0.1) is 0 Å². The van der Waals surface area contributed by atoms with Crippen LogP contribution in [0.4, 0.5) is 0 Å². The largest absolute Gasteiger partial charge is 0.312 e. The summed E-state index contributed by atoms with van der Waals surface area (Å²) >= 11 is 11.9. The molecule has 0 spiro atoms. The molecule has 1 N–H and O–H groups in total. The van der Waals surface area contributed by atoms with Gasteiger partial charge < -0.3 is 5.32 Å². The van der Waals surface area contributed by atoms with Crippen LogP contribution >= 0.6 is 23.2 Å². The number of hydrogen-bond acceptors (Lipinski definition) is 3. The lowest BCUT2D eigenvalue weighted by atomic mass is 10.1. The SMILES string of the molecule is CC[C@H](NC)c1cc2nc(Cl)cc(Cl)n2n1. The highest BCUT2D eigenvalue weighted by Crippen LogP contribution is 2.21. The van der Waals surface area contributed by atoms with E-state index in [-0.39, 0.29) is 6.04 Å². The van der Waals surface area contributed by atoms with Crippen molar-refractivity contribution in [1.82, 2.24) is 19.9 Å². The summed E-state index contributed by atoms with van der Waals surface area (Å²) in [7, 11) is 1.90. The second-order valence-electron chi connectivity index (χ2n) is 3.49. The average molecular weight is 259 g/mol. The van der Waals surface area contributed by atoms with Gasteiger partial charge in [0.05, 0.1) is 11.7 Å². The van der Waals surface area contributed by atoms with Crippen LogP contribution in [0.1, 0.15) is 25.1 Å². The normalized spacial score (nSPS) is 13.2. The topological polar surface area (TPSA) is 42.2 Å². The van der Waals surface area contributed by atoms with Crippen molar-refractivity contribution < 1.29 is 0 Å². The number of hydrogen-bond donors (Lipinski definition) is 1. The van der Waals surface area contributed by atoms with Crippen LogP contribution in [0.5, 0.6) is 0 Å². The van der Waals surface area contributed by atoms with Gasteiger partial charge in [-0.3, -0.25) is 0 Å². The number of nitrogens with one attached hydrogen (secondary N) is 1. The van der Waals surface area contributed by atoms with Crippen molar-refractivity contribution >= 4 is 28.8 Å². The third kappa shape index (κ3) is 2.00. The number of rotatable bonds is 3. The van der Waals surface area contributed by atoms with Crippen molar-refractivity contribution in [2.45, 2.75) is 19.4 Å². The molecule has 2 aromatic rings. The smallest absolute Gasteiger partial charge is 0.158 e. The molecule has 0 aliphatic rings. The summed E-state index contributed by atoms with van der Waals surface area (Å²) in [6, 6.07) is 3.67. The fraction of sp³-hybridized carbons (Fsp3) is 0.400. The Morgan fingerprint density at radius 3 is 2.81 bits per heavy atom. The molecule has 0 aliphatic heterocycles. The van der Waals surface area contributed by atoms with Crippen LogP contribution in [-0.2, 0) is 0 Å². The maximum absolute atomic E-state index is 6.02. The van der Waals surface area contributed by atoms with Crippen molar-refractivity contribution in [2.24, 2.45) is 0 Å². The Morgan fingerprint density at radius 1 is 1.44 bits per heavy atom. The molecule has 0 bridgehead atoms. The van der Waals surface area contributed by atoms with Crippen molar-refractivity contribution in [1.29, 1.82) is 0 Å². The predicted molar refractivity (Wildman–Crippen MR) is 65.1 cm³/mol. The Hall–Kier alpha value is -0.840. The van der Waals surface area contributed by atoms with Gasteiger partial charge in [0.2, 0.25) is 0 Å². The zero-order chi connectivity index (χ0) is 11.7. The Bertz CT molecular complexity index is 505. The maximum atomic E-state index is 6.02. The Kier molecular flexibility index (Phi) is 3.33. The van der Waals surface area contributed by atoms with Gasteiger partial charge in [-0.05, 0) is 13.5 Å². The van der Waals surface area contributed by atoms with Crippen LogP contribution in [0.15, 0.2) is 12.1 Å². The van der Waals surface area contributed by atoms with E-state index in [9.17, 15) is 0 Å². The molecule has 6 heteroatoms. The van der Waals surface area contributed by atoms with E-state index in [2.05, 4.69) is 22.3 Å². The van der Waals surface area contributed by atoms with E-state index in [1.54, 1.807) is 10.6 Å². The highest BCUT2D eigenvalue weighted by Gasteiger charge is 2.13. The Balaban J connectivity index is 2.55. The fourth-order valence-corrected chi connectivity index (χ4v) is 2.13. The fourth-order valence-electron chi connectivity index (χ4n) is 1.66. The lowest BCUT2D eigenvalue weighted by Crippen LogP contribution is -2.15. The van der Waals surface area contributed by atoms with E-state index in [1.807, 2.05) is 13.1 Å². The second kappa shape index (κ2) is 4.57. The standard InChI is InChI=1S/C10H12Cl2N4/c1-3-6(13-2)7-4-10-14-8(11)5-9(12)16(10)15-7/h4-6,13H,3H2,1-2H3/t6-/m0/s1. The number of fused-ring (bicyclic) bond motifs is 1. The summed E-state index contributed by atoms with van der Waals surface area (Å²) in [6.45, 7) is 2.09. The van der Waals surface area contributed by atoms with Crippen molar-refractivity contribution in [3.8, 4) is 0 Å². The molecular formula is C10H12Cl2N4. The zero-order valence-electron chi connectivity index (χ0n) is 9.04. The lowest BCUT2D eigenvalue weighted by molar-refractivity contribution is 0.557. The minimum Gasteiger partial charge on any atom is -0.312 e. The monoisotopic (exact) mass is 258 g/mol. The van der Waals surface area contributed by atoms with E-state index in [4.69, 9.17) is 23.2 Å². The molecule has 2 rings (SSSR count). The first kappa shape index (κ1) is 11.6. The van der Waals surface area contributed by atoms with Gasteiger partial charge in [0.1, 0.15) is 10.3 Å². The zero-order valence-corrected chi connectivity index (χ0v) is 10.5. The quantitative estimate of drug-likeness (QED) is 0.862. The Labute approximate surface area is 104 Å². The van der Waals surface area contributed by atoms with Gasteiger partial charge in [-0.2, -0.15) is 5.10 Å². The summed E-state index contributed by atoms with van der Waals surface area (Å²) in [5.74, 6) is 0. The van der Waals surface area contributed by atoms with E-state index in [0.717, 1.165) is 12.1 Å². The summed E-state index contributed by atoms with van der Waals surface area (Å²) in [5.41, 5.74) is 1.59. The predicted octanol–water partition coefficient (Wildman–Crippen LogP) is 2.71. The molecule has 0 unspecified atom stereocenters. The van der Waals surface area contributed by atoms with Gasteiger partial charge in [0, 0.05) is 12.1 Å². The molecule has 2 heterocycles. The van der Waals surface area contributed by atoms with E-state index < -0.39 is 0 Å². The Morgan fingerprint density at radius 2 is 2.19 bits per heavy atom. The summed E-state index contributed by atoms with van der Waals surface area (Å²) in [5, 5.41) is 8.42. The van der Waals surface area contributed by atoms with E-state index in [0.29, 0.717) is 16.0 Å². The number of halogens is 2. The first-order chi connectivity index (χ1) is 7.65. The van der Waals surface area contributed by atoms with Gasteiger partial charge in [0.25, 0.3) is 0 Å². The summed E-state index contributed by atoms with van der Waals surface area (Å²) in [6.07, 6.45) is 0.950.